The number of hydrogen-bond donors (Lipinski definition) is 0. The van der Waals surface area contributed by atoms with Gasteiger partial charge >= 0.3 is 35.8 Å². The van der Waals surface area contributed by atoms with Crippen LogP contribution in [0.5, 0.6) is 0 Å². The van der Waals surface area contributed by atoms with Crippen LogP contribution in [0.15, 0.2) is 121 Å². The van der Waals surface area contributed by atoms with E-state index in [-0.39, 0.29) is 28.7 Å². The lowest BCUT2D eigenvalue weighted by atomic mass is 9.47. The van der Waals surface area contributed by atoms with Crippen LogP contribution in [0.1, 0.15) is 82.5 Å². The maximum atomic E-state index is 14.5. The molecule has 1 spiro atoms. The molecule has 13 heteroatoms. The van der Waals surface area contributed by atoms with Gasteiger partial charge in [-0.1, -0.05) is 79.7 Å². The Balaban J connectivity index is 1.53. The van der Waals surface area contributed by atoms with Crippen molar-refractivity contribution in [3.05, 3.63) is 144 Å². The average Bonchev–Trinajstić information content (AvgIpc) is 3.44. The van der Waals surface area contributed by atoms with Crippen LogP contribution in [-0.4, -0.2) is 84.1 Å². The fourth-order valence-corrected chi connectivity index (χ4v) is 9.52. The summed E-state index contributed by atoms with van der Waals surface area (Å²) in [7, 11) is 0. The molecule has 0 N–H and O–H groups in total. The topological polar surface area (TPSA) is 167 Å². The highest BCUT2D eigenvalue weighted by molar-refractivity contribution is 5.92. The molecule has 0 unspecified atom stereocenters. The molecule has 7 rings (SSSR count). The van der Waals surface area contributed by atoms with Gasteiger partial charge in [0, 0.05) is 13.8 Å². The number of fused-ring (bicyclic) bond motifs is 1. The first-order valence-electron chi connectivity index (χ1n) is 19.7. The third-order valence-electron chi connectivity index (χ3n) is 11.8. The standard InChI is InChI=1S/C47H46O13/c1-28-26-35(56-41(50)31-18-10-6-11-19-31)38(58-43(52)33-22-14-8-15-23-33)46(27-54-29(2)48)40(59-44(53)34-24-16-9-17-25-34)37(57-42(51)32-20-12-7-13-21-32)36-39(55-30(3)49)47(28,46)60-45(36,4)5/h6-25,28,35-40H,26-27H2,1-5H3/t28-,35+,36-,37-,38+,39-,40-,46+,47-/m1/s1. The molecule has 312 valence electrons. The molecule has 2 aliphatic carbocycles. The third kappa shape index (κ3) is 7.53. The van der Waals surface area contributed by atoms with Gasteiger partial charge in [-0.25, -0.2) is 19.2 Å². The Hall–Kier alpha value is -6.34. The largest absolute Gasteiger partial charge is 0.465 e. The first-order valence-corrected chi connectivity index (χ1v) is 19.7. The van der Waals surface area contributed by atoms with Crippen LogP contribution in [0.4, 0.5) is 0 Å². The van der Waals surface area contributed by atoms with E-state index in [0.29, 0.717) is 0 Å². The van der Waals surface area contributed by atoms with E-state index in [0.717, 1.165) is 0 Å². The summed E-state index contributed by atoms with van der Waals surface area (Å²) in [6.07, 6.45) is -7.60. The van der Waals surface area contributed by atoms with E-state index < -0.39 is 101 Å². The van der Waals surface area contributed by atoms with Crippen molar-refractivity contribution in [2.75, 3.05) is 6.61 Å². The minimum Gasteiger partial charge on any atom is -0.465 e. The van der Waals surface area contributed by atoms with Crippen LogP contribution in [0.3, 0.4) is 0 Å². The molecule has 3 fully saturated rings. The van der Waals surface area contributed by atoms with Crippen molar-refractivity contribution >= 4 is 35.8 Å². The van der Waals surface area contributed by atoms with Crippen molar-refractivity contribution in [2.45, 2.75) is 82.8 Å². The molecule has 1 saturated heterocycles. The Labute approximate surface area is 347 Å². The molecule has 1 heterocycles. The number of benzene rings is 4. The van der Waals surface area contributed by atoms with Crippen molar-refractivity contribution in [1.82, 2.24) is 0 Å². The number of esters is 6. The molecule has 0 amide bonds. The van der Waals surface area contributed by atoms with Gasteiger partial charge in [0.2, 0.25) is 0 Å². The number of rotatable bonds is 11. The predicted molar refractivity (Wildman–Crippen MR) is 212 cm³/mol. The lowest BCUT2D eigenvalue weighted by molar-refractivity contribution is -0.325. The molecule has 3 aliphatic rings. The predicted octanol–water partition coefficient (Wildman–Crippen LogP) is 6.59. The molecule has 2 saturated carbocycles. The van der Waals surface area contributed by atoms with Gasteiger partial charge in [-0.05, 0) is 74.7 Å². The molecule has 4 aromatic carbocycles. The average molecular weight is 819 g/mol. The van der Waals surface area contributed by atoms with Gasteiger partial charge in [-0.2, -0.15) is 0 Å². The minimum atomic E-state index is -2.14. The minimum absolute atomic E-state index is 0.0402. The maximum Gasteiger partial charge on any atom is 0.338 e. The first-order chi connectivity index (χ1) is 28.7. The molecule has 1 aliphatic heterocycles. The molecule has 2 bridgehead atoms. The highest BCUT2D eigenvalue weighted by Gasteiger charge is 2.86. The Morgan fingerprint density at radius 2 is 0.967 bits per heavy atom. The highest BCUT2D eigenvalue weighted by Crippen LogP contribution is 2.69. The summed E-state index contributed by atoms with van der Waals surface area (Å²) < 4.78 is 45.4. The van der Waals surface area contributed by atoms with Crippen LogP contribution in [-0.2, 0) is 42.7 Å². The van der Waals surface area contributed by atoms with E-state index >= 15 is 0 Å². The Bertz CT molecular complexity index is 2230. The van der Waals surface area contributed by atoms with Crippen LogP contribution in [0.25, 0.3) is 0 Å². The Kier molecular flexibility index (Phi) is 11.7. The van der Waals surface area contributed by atoms with E-state index in [1.165, 1.54) is 38.1 Å². The highest BCUT2D eigenvalue weighted by atomic mass is 16.6. The van der Waals surface area contributed by atoms with E-state index in [9.17, 15) is 28.8 Å². The van der Waals surface area contributed by atoms with E-state index in [2.05, 4.69) is 0 Å². The number of carbonyl (C=O) groups excluding carboxylic acids is 6. The zero-order valence-corrected chi connectivity index (χ0v) is 33.8. The molecule has 4 aromatic rings. The number of hydrogen-bond acceptors (Lipinski definition) is 13. The molecular weight excluding hydrogens is 773 g/mol. The molecule has 0 aromatic heterocycles. The van der Waals surface area contributed by atoms with Crippen molar-refractivity contribution < 1.29 is 61.9 Å². The van der Waals surface area contributed by atoms with Gasteiger partial charge in [-0.15, -0.1) is 0 Å². The van der Waals surface area contributed by atoms with Crippen molar-refractivity contribution in [1.29, 1.82) is 0 Å². The van der Waals surface area contributed by atoms with Gasteiger partial charge in [-0.3, -0.25) is 9.59 Å². The second kappa shape index (κ2) is 16.7. The fraction of sp³-hybridized carbons (Fsp3) is 0.362. The van der Waals surface area contributed by atoms with Crippen LogP contribution >= 0.6 is 0 Å². The summed E-state index contributed by atoms with van der Waals surface area (Å²) >= 11 is 0. The maximum absolute atomic E-state index is 14.5. The van der Waals surface area contributed by atoms with E-state index in [1.807, 2.05) is 0 Å². The van der Waals surface area contributed by atoms with Gasteiger partial charge in [0.25, 0.3) is 0 Å². The third-order valence-corrected chi connectivity index (χ3v) is 11.8. The summed E-state index contributed by atoms with van der Waals surface area (Å²) in [6, 6.07) is 32.4. The summed E-state index contributed by atoms with van der Waals surface area (Å²) in [4.78, 5) is 83.6. The van der Waals surface area contributed by atoms with Gasteiger partial charge in [0.15, 0.2) is 12.2 Å². The fourth-order valence-electron chi connectivity index (χ4n) is 9.52. The Morgan fingerprint density at radius 1 is 0.550 bits per heavy atom. The summed E-state index contributed by atoms with van der Waals surface area (Å²) in [5.74, 6) is -6.66. The van der Waals surface area contributed by atoms with Gasteiger partial charge in [0.05, 0.1) is 33.8 Å². The second-order valence-corrected chi connectivity index (χ2v) is 15.9. The van der Waals surface area contributed by atoms with Crippen LogP contribution in [0.2, 0.25) is 0 Å². The monoisotopic (exact) mass is 818 g/mol. The first kappa shape index (κ1) is 41.8. The molecule has 13 nitrogen and oxygen atoms in total. The quantitative estimate of drug-likeness (QED) is 0.118. The zero-order chi connectivity index (χ0) is 42.8. The normalized spacial score (nSPS) is 28.5. The van der Waals surface area contributed by atoms with Crippen molar-refractivity contribution in [3.8, 4) is 0 Å². The number of ether oxygens (including phenoxy) is 7. The zero-order valence-electron chi connectivity index (χ0n) is 33.8. The van der Waals surface area contributed by atoms with Gasteiger partial charge < -0.3 is 33.2 Å². The lowest BCUT2D eigenvalue weighted by Gasteiger charge is -2.64. The van der Waals surface area contributed by atoms with Gasteiger partial charge in [0.1, 0.15) is 35.9 Å². The number of carbonyl (C=O) groups is 6. The van der Waals surface area contributed by atoms with Crippen molar-refractivity contribution in [2.24, 2.45) is 17.3 Å². The SMILES string of the molecule is CC(=O)OC[C@]12[C@H](OC(=O)c3ccccc3)[C@H](OC(=O)c3ccccc3)[C@@H]3[C@@H](OC(C)=O)[C@]1(OC3(C)C)[C@H](C)C[C@H](OC(=O)c1ccccc1)[C@@H]2OC(=O)c1ccccc1. The molecule has 60 heavy (non-hydrogen) atoms. The van der Waals surface area contributed by atoms with Crippen LogP contribution < -0.4 is 0 Å². The smallest absolute Gasteiger partial charge is 0.338 e. The molecule has 0 radical (unpaired) electrons. The summed E-state index contributed by atoms with van der Waals surface area (Å²) in [6.45, 7) is 6.90. The van der Waals surface area contributed by atoms with Crippen LogP contribution in [0, 0.1) is 17.3 Å². The van der Waals surface area contributed by atoms with Crippen molar-refractivity contribution in [3.63, 3.8) is 0 Å². The molecule has 9 atom stereocenters. The van der Waals surface area contributed by atoms with E-state index in [1.54, 1.807) is 118 Å². The second-order valence-electron chi connectivity index (χ2n) is 15.9. The lowest BCUT2D eigenvalue weighted by Crippen LogP contribution is -2.81. The van der Waals surface area contributed by atoms with E-state index in [4.69, 9.17) is 33.2 Å². The summed E-state index contributed by atoms with van der Waals surface area (Å²) in [5, 5.41) is 0. The molecular formula is C47H46O13. The Morgan fingerprint density at radius 3 is 1.40 bits per heavy atom. The summed E-state index contributed by atoms with van der Waals surface area (Å²) in [5.41, 5.74) is -4.75.